The van der Waals surface area contributed by atoms with E-state index >= 15 is 0 Å². The van der Waals surface area contributed by atoms with Crippen molar-refractivity contribution < 1.29 is 14.2 Å². The molecule has 1 aliphatic heterocycles. The van der Waals surface area contributed by atoms with Crippen molar-refractivity contribution in [1.82, 2.24) is 15.4 Å². The second-order valence-electron chi connectivity index (χ2n) is 10.1. The topological polar surface area (TPSA) is 109 Å². The summed E-state index contributed by atoms with van der Waals surface area (Å²) >= 11 is 12.5. The first-order valence-corrected chi connectivity index (χ1v) is 14.8. The third-order valence-electron chi connectivity index (χ3n) is 7.49. The fourth-order valence-electron chi connectivity index (χ4n) is 5.32. The number of nitrogens with zero attached hydrogens (tertiary/aromatic N) is 5. The van der Waals surface area contributed by atoms with E-state index in [-0.39, 0.29) is 28.4 Å². The molecule has 0 amide bonds. The molecule has 2 aliphatic rings. The molecule has 1 aliphatic carbocycles. The van der Waals surface area contributed by atoms with Gasteiger partial charge in [0, 0.05) is 72.6 Å². The standard InChI is InChI=1S/C29H34Cl2N6O4.BrH/c1-2-40-28-18-22(9-10-26(28)37(38)39)35-13-15-36(16-14-35)29(32-12-11-20-7-8-21(30)17-24(20)31)33-19-25-23-5-3-4-6-27(23)41-34-25;/h7-10,17-18H,2-6,11-16,19H2,1H3,(H,32,33);1H. The second-order valence-corrected chi connectivity index (χ2v) is 11.0. The maximum Gasteiger partial charge on any atom is 0.311 e. The van der Waals surface area contributed by atoms with Crippen LogP contribution in [-0.2, 0) is 25.8 Å². The van der Waals surface area contributed by atoms with E-state index in [0.717, 1.165) is 86.9 Å². The van der Waals surface area contributed by atoms with E-state index in [9.17, 15) is 10.1 Å². The van der Waals surface area contributed by atoms with Crippen LogP contribution >= 0.6 is 40.2 Å². The molecule has 5 rings (SSSR count). The number of rotatable bonds is 9. The number of aryl methyl sites for hydroxylation is 1. The van der Waals surface area contributed by atoms with Gasteiger partial charge in [0.05, 0.1) is 18.1 Å². The molecule has 0 radical (unpaired) electrons. The van der Waals surface area contributed by atoms with Crippen molar-refractivity contribution in [2.75, 3.05) is 44.2 Å². The minimum absolute atomic E-state index is 0. The zero-order chi connectivity index (χ0) is 28.8. The highest BCUT2D eigenvalue weighted by molar-refractivity contribution is 8.93. The van der Waals surface area contributed by atoms with E-state index in [1.165, 1.54) is 11.6 Å². The number of fused-ring (bicyclic) bond motifs is 1. The summed E-state index contributed by atoms with van der Waals surface area (Å²) in [6.45, 7) is 6.19. The molecule has 0 unspecified atom stereocenters. The Morgan fingerprint density at radius 1 is 1.14 bits per heavy atom. The Morgan fingerprint density at radius 3 is 2.67 bits per heavy atom. The number of piperazine rings is 1. The molecule has 0 saturated carbocycles. The van der Waals surface area contributed by atoms with Crippen LogP contribution < -0.4 is 15.0 Å². The second kappa shape index (κ2) is 14.9. The molecule has 0 spiro atoms. The lowest BCUT2D eigenvalue weighted by Crippen LogP contribution is -2.53. The van der Waals surface area contributed by atoms with Gasteiger partial charge in [-0.25, -0.2) is 4.99 Å². The first kappa shape index (κ1) is 31.9. The van der Waals surface area contributed by atoms with Crippen LogP contribution in [0.2, 0.25) is 10.0 Å². The molecule has 2 aromatic carbocycles. The number of anilines is 1. The summed E-state index contributed by atoms with van der Waals surface area (Å²) < 4.78 is 11.2. The molecule has 1 N–H and O–H groups in total. The number of hydrogen-bond donors (Lipinski definition) is 1. The molecule has 1 fully saturated rings. The zero-order valence-electron chi connectivity index (χ0n) is 23.5. The summed E-state index contributed by atoms with van der Waals surface area (Å²) in [4.78, 5) is 20.4. The predicted octanol–water partition coefficient (Wildman–Crippen LogP) is 6.26. The number of nitro benzene ring substituents is 1. The van der Waals surface area contributed by atoms with Crippen molar-refractivity contribution in [3.63, 3.8) is 0 Å². The first-order chi connectivity index (χ1) is 19.9. The quantitative estimate of drug-likeness (QED) is 0.122. The Hall–Kier alpha value is -3.02. The van der Waals surface area contributed by atoms with Gasteiger partial charge in [0.1, 0.15) is 11.5 Å². The molecular formula is C29H35BrCl2N6O4. The molecule has 13 heteroatoms. The van der Waals surface area contributed by atoms with Crippen molar-refractivity contribution in [3.05, 3.63) is 79.1 Å². The van der Waals surface area contributed by atoms with Crippen LogP contribution in [0.3, 0.4) is 0 Å². The molecule has 1 aromatic heterocycles. The largest absolute Gasteiger partial charge is 0.487 e. The minimum Gasteiger partial charge on any atom is -0.487 e. The molecular weight excluding hydrogens is 647 g/mol. The summed E-state index contributed by atoms with van der Waals surface area (Å²) in [5, 5.41) is 20.5. The van der Waals surface area contributed by atoms with Gasteiger partial charge < -0.3 is 24.4 Å². The molecule has 226 valence electrons. The lowest BCUT2D eigenvalue weighted by Gasteiger charge is -2.38. The lowest BCUT2D eigenvalue weighted by atomic mass is 9.96. The van der Waals surface area contributed by atoms with Crippen LogP contribution in [0.1, 0.15) is 42.3 Å². The summed E-state index contributed by atoms with van der Waals surface area (Å²) in [6.07, 6.45) is 4.93. The Balaban J connectivity index is 0.00000405. The Morgan fingerprint density at radius 2 is 1.93 bits per heavy atom. The van der Waals surface area contributed by atoms with Crippen LogP contribution in [0.25, 0.3) is 0 Å². The highest BCUT2D eigenvalue weighted by Crippen LogP contribution is 2.32. The van der Waals surface area contributed by atoms with Gasteiger partial charge >= 0.3 is 5.69 Å². The number of nitro groups is 1. The van der Waals surface area contributed by atoms with E-state index < -0.39 is 4.92 Å². The van der Waals surface area contributed by atoms with Crippen molar-refractivity contribution in [1.29, 1.82) is 0 Å². The maximum atomic E-state index is 11.4. The third kappa shape index (κ3) is 7.67. The van der Waals surface area contributed by atoms with E-state index in [1.807, 2.05) is 19.1 Å². The predicted molar refractivity (Wildman–Crippen MR) is 171 cm³/mol. The average molecular weight is 682 g/mol. The van der Waals surface area contributed by atoms with Gasteiger partial charge in [0.2, 0.25) is 0 Å². The fraction of sp³-hybridized carbons (Fsp3) is 0.448. The Kier molecular flexibility index (Phi) is 11.3. The van der Waals surface area contributed by atoms with Crippen molar-refractivity contribution in [2.24, 2.45) is 4.99 Å². The number of halogens is 3. The number of hydrogen-bond acceptors (Lipinski definition) is 7. The van der Waals surface area contributed by atoms with Gasteiger partial charge in [-0.2, -0.15) is 0 Å². The number of benzene rings is 2. The van der Waals surface area contributed by atoms with Gasteiger partial charge in [-0.1, -0.05) is 34.4 Å². The highest BCUT2D eigenvalue weighted by Gasteiger charge is 2.24. The van der Waals surface area contributed by atoms with Crippen molar-refractivity contribution in [3.8, 4) is 5.75 Å². The SMILES string of the molecule is Br.CCOc1cc(N2CCN(C(=NCc3noc4c3CCCC4)NCCc3ccc(Cl)cc3Cl)CC2)ccc1[N+](=O)[O-]. The number of nitrogens with one attached hydrogen (secondary N) is 1. The van der Waals surface area contributed by atoms with E-state index in [2.05, 4.69) is 20.3 Å². The van der Waals surface area contributed by atoms with Gasteiger partial charge in [-0.15, -0.1) is 17.0 Å². The summed E-state index contributed by atoms with van der Waals surface area (Å²) in [7, 11) is 0. The van der Waals surface area contributed by atoms with E-state index in [0.29, 0.717) is 29.7 Å². The van der Waals surface area contributed by atoms with Crippen LogP contribution in [0.5, 0.6) is 5.75 Å². The number of guanidine groups is 1. The summed E-state index contributed by atoms with van der Waals surface area (Å²) in [5.74, 6) is 2.09. The Bertz CT molecular complexity index is 1410. The van der Waals surface area contributed by atoms with Gasteiger partial charge in [0.15, 0.2) is 11.7 Å². The maximum absolute atomic E-state index is 11.4. The molecule has 0 bridgehead atoms. The summed E-state index contributed by atoms with van der Waals surface area (Å²) in [5.41, 5.74) is 4.01. The van der Waals surface area contributed by atoms with Gasteiger partial charge in [-0.3, -0.25) is 10.1 Å². The number of aromatic nitrogens is 1. The minimum atomic E-state index is -0.412. The summed E-state index contributed by atoms with van der Waals surface area (Å²) in [6, 6.07) is 10.6. The van der Waals surface area contributed by atoms with Crippen LogP contribution in [0.4, 0.5) is 11.4 Å². The van der Waals surface area contributed by atoms with Crippen molar-refractivity contribution in [2.45, 2.75) is 45.6 Å². The number of aliphatic imine (C=N–C) groups is 1. The van der Waals surface area contributed by atoms with Gasteiger partial charge in [-0.05, 0) is 56.4 Å². The zero-order valence-corrected chi connectivity index (χ0v) is 26.7. The molecule has 0 atom stereocenters. The van der Waals surface area contributed by atoms with E-state index in [4.69, 9.17) is 37.5 Å². The molecule has 1 saturated heterocycles. The molecule has 3 aromatic rings. The van der Waals surface area contributed by atoms with Crippen LogP contribution in [-0.4, -0.2) is 60.3 Å². The first-order valence-electron chi connectivity index (χ1n) is 14.0. The monoisotopic (exact) mass is 680 g/mol. The molecule has 10 nitrogen and oxygen atoms in total. The van der Waals surface area contributed by atoms with Crippen LogP contribution in [0, 0.1) is 10.1 Å². The smallest absolute Gasteiger partial charge is 0.311 e. The third-order valence-corrected chi connectivity index (χ3v) is 8.07. The van der Waals surface area contributed by atoms with Crippen LogP contribution in [0.15, 0.2) is 45.9 Å². The number of ether oxygens (including phenoxy) is 1. The average Bonchev–Trinajstić information content (AvgIpc) is 3.39. The van der Waals surface area contributed by atoms with Crippen molar-refractivity contribution >= 4 is 57.5 Å². The normalized spacial score (nSPS) is 15.2. The highest BCUT2D eigenvalue weighted by atomic mass is 79.9. The molecule has 2 heterocycles. The Labute approximate surface area is 265 Å². The molecule has 42 heavy (non-hydrogen) atoms. The fourth-order valence-corrected chi connectivity index (χ4v) is 5.82. The van der Waals surface area contributed by atoms with E-state index in [1.54, 1.807) is 18.2 Å². The lowest BCUT2D eigenvalue weighted by molar-refractivity contribution is -0.385. The van der Waals surface area contributed by atoms with Gasteiger partial charge in [0.25, 0.3) is 0 Å².